The van der Waals surface area contributed by atoms with E-state index in [9.17, 15) is 9.59 Å². The van der Waals surface area contributed by atoms with Gasteiger partial charge < -0.3 is 15.5 Å². The first-order chi connectivity index (χ1) is 11.5. The maximum atomic E-state index is 12.2. The molecule has 5 heteroatoms. The number of nitrogens with zero attached hydrogens (tertiary/aromatic N) is 1. The predicted molar refractivity (Wildman–Crippen MR) is 97.1 cm³/mol. The molecule has 1 aromatic rings. The molecule has 2 rings (SSSR count). The molecule has 5 nitrogen and oxygen atoms in total. The van der Waals surface area contributed by atoms with Crippen molar-refractivity contribution in [3.05, 3.63) is 42.0 Å². The van der Waals surface area contributed by atoms with Gasteiger partial charge in [0.1, 0.15) is 0 Å². The van der Waals surface area contributed by atoms with E-state index in [2.05, 4.69) is 10.6 Å². The molecular weight excluding hydrogens is 302 g/mol. The SMILES string of the molecule is CN(C)CC=CC(=O)Nc1ccc(C(=O)NC2CCCCC2)cc1. The van der Waals surface area contributed by atoms with Gasteiger partial charge in [-0.1, -0.05) is 25.3 Å². The monoisotopic (exact) mass is 329 g/mol. The Morgan fingerprint density at radius 3 is 2.42 bits per heavy atom. The van der Waals surface area contributed by atoms with Crippen molar-refractivity contribution in [3.8, 4) is 0 Å². The lowest BCUT2D eigenvalue weighted by atomic mass is 9.95. The number of rotatable bonds is 6. The minimum Gasteiger partial charge on any atom is -0.349 e. The van der Waals surface area contributed by atoms with Gasteiger partial charge in [0.15, 0.2) is 0 Å². The van der Waals surface area contributed by atoms with Crippen LogP contribution in [0.25, 0.3) is 0 Å². The molecule has 1 fully saturated rings. The largest absolute Gasteiger partial charge is 0.349 e. The van der Waals surface area contributed by atoms with E-state index in [1.165, 1.54) is 25.3 Å². The first kappa shape index (κ1) is 18.2. The van der Waals surface area contributed by atoms with Crippen molar-refractivity contribution < 1.29 is 9.59 Å². The molecule has 24 heavy (non-hydrogen) atoms. The number of anilines is 1. The molecule has 0 aromatic heterocycles. The average molecular weight is 329 g/mol. The summed E-state index contributed by atoms with van der Waals surface area (Å²) in [7, 11) is 3.89. The number of nitrogens with one attached hydrogen (secondary N) is 2. The maximum Gasteiger partial charge on any atom is 0.251 e. The molecule has 1 aliphatic rings. The molecule has 1 aliphatic carbocycles. The second-order valence-corrected chi connectivity index (χ2v) is 6.54. The van der Waals surface area contributed by atoms with Gasteiger partial charge in [-0.25, -0.2) is 0 Å². The van der Waals surface area contributed by atoms with Crippen molar-refractivity contribution >= 4 is 17.5 Å². The number of carbonyl (C=O) groups is 2. The molecule has 130 valence electrons. The van der Waals surface area contributed by atoms with Gasteiger partial charge in [-0.3, -0.25) is 9.59 Å². The lowest BCUT2D eigenvalue weighted by molar-refractivity contribution is -0.111. The van der Waals surface area contributed by atoms with Crippen molar-refractivity contribution in [2.75, 3.05) is 26.0 Å². The van der Waals surface area contributed by atoms with Gasteiger partial charge in [0.25, 0.3) is 5.91 Å². The maximum absolute atomic E-state index is 12.2. The van der Waals surface area contributed by atoms with Gasteiger partial charge in [0, 0.05) is 29.9 Å². The Bertz CT molecular complexity index is 573. The number of likely N-dealkylation sites (N-methyl/N-ethyl adjacent to an activating group) is 1. The zero-order chi connectivity index (χ0) is 17.4. The lowest BCUT2D eigenvalue weighted by Gasteiger charge is -2.22. The highest BCUT2D eigenvalue weighted by atomic mass is 16.2. The van der Waals surface area contributed by atoms with Crippen LogP contribution in [0.3, 0.4) is 0 Å². The summed E-state index contributed by atoms with van der Waals surface area (Å²) in [6, 6.07) is 7.31. The minimum absolute atomic E-state index is 0.0364. The van der Waals surface area contributed by atoms with Crippen molar-refractivity contribution in [1.82, 2.24) is 10.2 Å². The van der Waals surface area contributed by atoms with E-state index in [1.54, 1.807) is 30.3 Å². The van der Waals surface area contributed by atoms with Gasteiger partial charge in [-0.15, -0.1) is 0 Å². The summed E-state index contributed by atoms with van der Waals surface area (Å²) in [5.74, 6) is -0.207. The number of carbonyl (C=O) groups excluding carboxylic acids is 2. The summed E-state index contributed by atoms with van der Waals surface area (Å²) < 4.78 is 0. The number of amides is 2. The number of hydrogen-bond acceptors (Lipinski definition) is 3. The Hall–Kier alpha value is -2.14. The summed E-state index contributed by atoms with van der Waals surface area (Å²) in [4.78, 5) is 26.0. The second kappa shape index (κ2) is 9.23. The normalized spacial score (nSPS) is 15.6. The van der Waals surface area contributed by atoms with E-state index in [0.717, 1.165) is 12.8 Å². The minimum atomic E-state index is -0.170. The van der Waals surface area contributed by atoms with Gasteiger partial charge in [-0.05, 0) is 51.2 Å². The number of hydrogen-bond donors (Lipinski definition) is 2. The van der Waals surface area contributed by atoms with Crippen LogP contribution in [0.5, 0.6) is 0 Å². The Morgan fingerprint density at radius 1 is 1.12 bits per heavy atom. The van der Waals surface area contributed by atoms with Gasteiger partial charge >= 0.3 is 0 Å². The molecule has 0 atom stereocenters. The Balaban J connectivity index is 1.84. The van der Waals surface area contributed by atoms with Crippen LogP contribution in [0.15, 0.2) is 36.4 Å². The van der Waals surface area contributed by atoms with E-state index in [0.29, 0.717) is 23.8 Å². The van der Waals surface area contributed by atoms with E-state index < -0.39 is 0 Å². The van der Waals surface area contributed by atoms with Crippen molar-refractivity contribution in [2.45, 2.75) is 38.1 Å². The van der Waals surface area contributed by atoms with Crippen LogP contribution in [0, 0.1) is 0 Å². The Labute approximate surface area is 144 Å². The van der Waals surface area contributed by atoms with E-state index >= 15 is 0 Å². The van der Waals surface area contributed by atoms with Crippen LogP contribution in [0.2, 0.25) is 0 Å². The van der Waals surface area contributed by atoms with Crippen LogP contribution in [-0.2, 0) is 4.79 Å². The van der Waals surface area contributed by atoms with Crippen LogP contribution < -0.4 is 10.6 Å². The average Bonchev–Trinajstić information content (AvgIpc) is 2.56. The smallest absolute Gasteiger partial charge is 0.251 e. The molecule has 0 aliphatic heterocycles. The molecule has 0 radical (unpaired) electrons. The molecule has 2 amide bonds. The van der Waals surface area contributed by atoms with Gasteiger partial charge in [0.05, 0.1) is 0 Å². The van der Waals surface area contributed by atoms with E-state index in [1.807, 2.05) is 19.0 Å². The summed E-state index contributed by atoms with van der Waals surface area (Å²) in [5, 5.41) is 5.88. The fourth-order valence-electron chi connectivity index (χ4n) is 2.78. The first-order valence-electron chi connectivity index (χ1n) is 8.58. The molecule has 0 bridgehead atoms. The summed E-state index contributed by atoms with van der Waals surface area (Å²) >= 11 is 0. The molecule has 0 unspecified atom stereocenters. The highest BCUT2D eigenvalue weighted by molar-refractivity contribution is 6.00. The van der Waals surface area contributed by atoms with Crippen molar-refractivity contribution in [1.29, 1.82) is 0 Å². The van der Waals surface area contributed by atoms with Crippen molar-refractivity contribution in [3.63, 3.8) is 0 Å². The predicted octanol–water partition coefficient (Wildman–Crippen LogP) is 2.81. The molecular formula is C19H27N3O2. The van der Waals surface area contributed by atoms with Crippen molar-refractivity contribution in [2.24, 2.45) is 0 Å². The Morgan fingerprint density at radius 2 is 1.79 bits per heavy atom. The fraction of sp³-hybridized carbons (Fsp3) is 0.474. The van der Waals surface area contributed by atoms with Gasteiger partial charge in [0.2, 0.25) is 5.91 Å². The summed E-state index contributed by atoms with van der Waals surface area (Å²) in [6.07, 6.45) is 9.11. The molecule has 2 N–H and O–H groups in total. The van der Waals surface area contributed by atoms with E-state index in [4.69, 9.17) is 0 Å². The molecule has 1 aromatic carbocycles. The third-order valence-corrected chi connectivity index (χ3v) is 4.09. The quantitative estimate of drug-likeness (QED) is 0.789. The van der Waals surface area contributed by atoms with Crippen LogP contribution in [-0.4, -0.2) is 43.4 Å². The Kier molecular flexibility index (Phi) is 7.00. The van der Waals surface area contributed by atoms with Crippen LogP contribution in [0.1, 0.15) is 42.5 Å². The first-order valence-corrected chi connectivity index (χ1v) is 8.58. The zero-order valence-electron chi connectivity index (χ0n) is 14.5. The molecule has 0 spiro atoms. The molecule has 1 saturated carbocycles. The topological polar surface area (TPSA) is 61.4 Å². The second-order valence-electron chi connectivity index (χ2n) is 6.54. The highest BCUT2D eigenvalue weighted by Gasteiger charge is 2.16. The highest BCUT2D eigenvalue weighted by Crippen LogP contribution is 2.18. The fourth-order valence-corrected chi connectivity index (χ4v) is 2.78. The molecule has 0 saturated heterocycles. The standard InChI is InChI=1S/C19H27N3O2/c1-22(2)14-6-9-18(23)20-17-12-10-15(11-13-17)19(24)21-16-7-4-3-5-8-16/h6,9-13,16H,3-5,7-8,14H2,1-2H3,(H,20,23)(H,21,24). The molecule has 0 heterocycles. The third kappa shape index (κ3) is 6.16. The summed E-state index contributed by atoms with van der Waals surface area (Å²) in [6.45, 7) is 0.716. The van der Waals surface area contributed by atoms with Crippen LogP contribution in [0.4, 0.5) is 5.69 Å². The van der Waals surface area contributed by atoms with Crippen LogP contribution >= 0.6 is 0 Å². The number of benzene rings is 1. The lowest BCUT2D eigenvalue weighted by Crippen LogP contribution is -2.36. The van der Waals surface area contributed by atoms with Gasteiger partial charge in [-0.2, -0.15) is 0 Å². The summed E-state index contributed by atoms with van der Waals surface area (Å²) in [5.41, 5.74) is 1.31. The zero-order valence-corrected chi connectivity index (χ0v) is 14.5. The van der Waals surface area contributed by atoms with E-state index in [-0.39, 0.29) is 11.8 Å². The third-order valence-electron chi connectivity index (χ3n) is 4.09.